The summed E-state index contributed by atoms with van der Waals surface area (Å²) < 4.78 is 0. The maximum Gasteiger partial charge on any atom is 0.243 e. The van der Waals surface area contributed by atoms with Gasteiger partial charge in [-0.05, 0) is 13.3 Å². The maximum atomic E-state index is 11.4. The lowest BCUT2D eigenvalue weighted by molar-refractivity contribution is -0.133. The molecule has 0 rings (SSSR count). The van der Waals surface area contributed by atoms with Crippen LogP contribution in [0, 0.1) is 5.41 Å². The lowest BCUT2D eigenvalue weighted by Crippen LogP contribution is -2.35. The summed E-state index contributed by atoms with van der Waals surface area (Å²) in [7, 11) is 0. The first-order chi connectivity index (χ1) is 7.38. The van der Waals surface area contributed by atoms with E-state index < -0.39 is 0 Å². The lowest BCUT2D eigenvalue weighted by atomic mass is 9.96. The number of carbonyl (C=O) groups excluding carboxylic acids is 2. The van der Waals surface area contributed by atoms with Gasteiger partial charge in [-0.25, -0.2) is 5.48 Å². The van der Waals surface area contributed by atoms with E-state index in [1.807, 2.05) is 20.8 Å². The Kier molecular flexibility index (Phi) is 6.72. The summed E-state index contributed by atoms with van der Waals surface area (Å²) in [6.45, 7) is 8.31. The minimum absolute atomic E-state index is 0.00211. The normalized spacial score (nSPS) is 11.0. The smallest absolute Gasteiger partial charge is 0.243 e. The molecule has 0 aromatic carbocycles. The molecule has 5 nitrogen and oxygen atoms in total. The Labute approximate surface area is 96.9 Å². The Morgan fingerprint density at radius 3 is 2.38 bits per heavy atom. The monoisotopic (exact) mass is 230 g/mol. The van der Waals surface area contributed by atoms with Crippen LogP contribution in [0.3, 0.4) is 0 Å². The minimum Gasteiger partial charge on any atom is -0.356 e. The van der Waals surface area contributed by atoms with Crippen molar-refractivity contribution in [1.82, 2.24) is 10.8 Å². The van der Waals surface area contributed by atoms with Gasteiger partial charge in [0, 0.05) is 18.4 Å². The molecule has 2 amide bonds. The van der Waals surface area contributed by atoms with Crippen LogP contribution in [0.4, 0.5) is 0 Å². The van der Waals surface area contributed by atoms with Crippen molar-refractivity contribution in [2.75, 3.05) is 13.2 Å². The molecular formula is C11H22N2O3. The van der Waals surface area contributed by atoms with Gasteiger partial charge in [0.2, 0.25) is 11.8 Å². The molecule has 0 saturated heterocycles. The summed E-state index contributed by atoms with van der Waals surface area (Å²) in [6.07, 6.45) is 0.963. The van der Waals surface area contributed by atoms with Crippen LogP contribution in [0.25, 0.3) is 0 Å². The molecule has 0 radical (unpaired) electrons. The zero-order valence-corrected chi connectivity index (χ0v) is 10.6. The predicted octanol–water partition coefficient (Wildman–Crippen LogP) is 0.997. The topological polar surface area (TPSA) is 67.4 Å². The first-order valence-electron chi connectivity index (χ1n) is 5.57. The molecule has 5 heteroatoms. The van der Waals surface area contributed by atoms with Gasteiger partial charge in [-0.3, -0.25) is 14.4 Å². The second-order valence-electron chi connectivity index (χ2n) is 4.57. The molecule has 0 aliphatic rings. The highest BCUT2D eigenvalue weighted by Crippen LogP contribution is 2.12. The number of hydrogen-bond acceptors (Lipinski definition) is 3. The van der Waals surface area contributed by atoms with E-state index in [0.717, 1.165) is 0 Å². The summed E-state index contributed by atoms with van der Waals surface area (Å²) in [4.78, 5) is 27.3. The van der Waals surface area contributed by atoms with Crippen molar-refractivity contribution < 1.29 is 14.4 Å². The molecule has 0 aliphatic carbocycles. The molecule has 0 spiro atoms. The number of hydroxylamine groups is 1. The minimum atomic E-state index is -0.381. The molecule has 0 aliphatic heterocycles. The quantitative estimate of drug-likeness (QED) is 0.528. The zero-order valence-electron chi connectivity index (χ0n) is 10.6. The summed E-state index contributed by atoms with van der Waals surface area (Å²) in [6, 6.07) is 0. The van der Waals surface area contributed by atoms with Crippen molar-refractivity contribution in [3.05, 3.63) is 0 Å². The highest BCUT2D eigenvalue weighted by atomic mass is 16.6. The Morgan fingerprint density at radius 2 is 1.88 bits per heavy atom. The number of carbonyl (C=O) groups is 2. The number of amides is 2. The van der Waals surface area contributed by atoms with Crippen LogP contribution in [-0.4, -0.2) is 25.0 Å². The van der Waals surface area contributed by atoms with Gasteiger partial charge < -0.3 is 5.32 Å². The van der Waals surface area contributed by atoms with Crippen LogP contribution in [0.5, 0.6) is 0 Å². The molecule has 94 valence electrons. The van der Waals surface area contributed by atoms with E-state index in [1.54, 1.807) is 6.92 Å². The third-order valence-corrected chi connectivity index (χ3v) is 1.88. The van der Waals surface area contributed by atoms with E-state index in [-0.39, 0.29) is 17.2 Å². The second kappa shape index (κ2) is 7.22. The predicted molar refractivity (Wildman–Crippen MR) is 61.5 cm³/mol. The highest BCUT2D eigenvalue weighted by molar-refractivity contribution is 5.81. The maximum absolute atomic E-state index is 11.4. The van der Waals surface area contributed by atoms with E-state index in [1.165, 1.54) is 0 Å². The Balaban J connectivity index is 3.54. The molecule has 0 bridgehead atoms. The Bertz CT molecular complexity index is 234. The number of nitrogens with one attached hydrogen (secondary N) is 2. The fourth-order valence-corrected chi connectivity index (χ4v) is 0.920. The van der Waals surface area contributed by atoms with E-state index >= 15 is 0 Å². The Morgan fingerprint density at radius 1 is 1.25 bits per heavy atom. The summed E-state index contributed by atoms with van der Waals surface area (Å²) >= 11 is 0. The van der Waals surface area contributed by atoms with Gasteiger partial charge in [0.15, 0.2) is 0 Å². The third-order valence-electron chi connectivity index (χ3n) is 1.88. The average molecular weight is 230 g/mol. The van der Waals surface area contributed by atoms with Gasteiger partial charge >= 0.3 is 0 Å². The molecule has 0 aromatic heterocycles. The van der Waals surface area contributed by atoms with Crippen molar-refractivity contribution in [3.8, 4) is 0 Å². The molecule has 0 atom stereocenters. The molecule has 0 saturated carbocycles. The largest absolute Gasteiger partial charge is 0.356 e. The molecule has 0 fully saturated rings. The van der Waals surface area contributed by atoms with Crippen molar-refractivity contribution in [1.29, 1.82) is 0 Å². The van der Waals surface area contributed by atoms with Crippen LogP contribution in [0.15, 0.2) is 0 Å². The van der Waals surface area contributed by atoms with Crippen molar-refractivity contribution >= 4 is 11.8 Å². The molecule has 0 aromatic rings. The van der Waals surface area contributed by atoms with Gasteiger partial charge in [0.25, 0.3) is 0 Å². The summed E-state index contributed by atoms with van der Waals surface area (Å²) in [5.74, 6) is -0.162. The van der Waals surface area contributed by atoms with Crippen LogP contribution in [-0.2, 0) is 14.4 Å². The van der Waals surface area contributed by atoms with E-state index in [0.29, 0.717) is 26.0 Å². The molecule has 16 heavy (non-hydrogen) atoms. The highest BCUT2D eigenvalue weighted by Gasteiger charge is 2.20. The standard InChI is InChI=1S/C11H22N2O3/c1-5-16-13-9(14)7-6-8-12-10(15)11(2,3)4/h5-8H2,1-4H3,(H,12,15)(H,13,14). The van der Waals surface area contributed by atoms with E-state index in [2.05, 4.69) is 10.8 Å². The van der Waals surface area contributed by atoms with Crippen LogP contribution < -0.4 is 10.8 Å². The van der Waals surface area contributed by atoms with Gasteiger partial charge in [0.05, 0.1) is 6.61 Å². The van der Waals surface area contributed by atoms with Crippen molar-refractivity contribution in [3.63, 3.8) is 0 Å². The van der Waals surface area contributed by atoms with Gasteiger partial charge in [-0.15, -0.1) is 0 Å². The molecule has 0 unspecified atom stereocenters. The molecular weight excluding hydrogens is 208 g/mol. The zero-order chi connectivity index (χ0) is 12.6. The van der Waals surface area contributed by atoms with Gasteiger partial charge in [-0.2, -0.15) is 0 Å². The van der Waals surface area contributed by atoms with Crippen LogP contribution in [0.2, 0.25) is 0 Å². The SMILES string of the molecule is CCONC(=O)CCCNC(=O)C(C)(C)C. The van der Waals surface area contributed by atoms with E-state index in [9.17, 15) is 9.59 Å². The van der Waals surface area contributed by atoms with Crippen molar-refractivity contribution in [2.45, 2.75) is 40.5 Å². The fraction of sp³-hybridized carbons (Fsp3) is 0.818. The molecule has 2 N–H and O–H groups in total. The van der Waals surface area contributed by atoms with Crippen molar-refractivity contribution in [2.24, 2.45) is 5.41 Å². The average Bonchev–Trinajstić information content (AvgIpc) is 2.19. The molecule has 0 heterocycles. The van der Waals surface area contributed by atoms with Gasteiger partial charge in [-0.1, -0.05) is 20.8 Å². The van der Waals surface area contributed by atoms with E-state index in [4.69, 9.17) is 4.84 Å². The second-order valence-corrected chi connectivity index (χ2v) is 4.57. The Hall–Kier alpha value is -1.10. The summed E-state index contributed by atoms with van der Waals surface area (Å²) in [5.41, 5.74) is 1.92. The van der Waals surface area contributed by atoms with Crippen LogP contribution >= 0.6 is 0 Å². The first kappa shape index (κ1) is 14.9. The lowest BCUT2D eigenvalue weighted by Gasteiger charge is -2.17. The third kappa shape index (κ3) is 7.23. The number of rotatable bonds is 6. The first-order valence-corrected chi connectivity index (χ1v) is 5.57. The number of hydrogen-bond donors (Lipinski definition) is 2. The summed E-state index contributed by atoms with van der Waals surface area (Å²) in [5, 5.41) is 2.77. The van der Waals surface area contributed by atoms with Gasteiger partial charge in [0.1, 0.15) is 0 Å². The fourth-order valence-electron chi connectivity index (χ4n) is 0.920. The van der Waals surface area contributed by atoms with Crippen LogP contribution in [0.1, 0.15) is 40.5 Å².